The minimum Gasteiger partial charge on any atom is -0.481 e. The molecule has 16 heavy (non-hydrogen) atoms. The molecular formula is C14H28O2. The van der Waals surface area contributed by atoms with Gasteiger partial charge in [0.05, 0.1) is 0 Å². The largest absolute Gasteiger partial charge is 0.481 e. The first-order valence-corrected chi connectivity index (χ1v) is 6.92. The van der Waals surface area contributed by atoms with E-state index in [0.29, 0.717) is 12.3 Å². The van der Waals surface area contributed by atoms with Gasteiger partial charge in [0, 0.05) is 6.42 Å². The number of aliphatic carboxylic acids is 1. The monoisotopic (exact) mass is 228 g/mol. The highest BCUT2D eigenvalue weighted by Gasteiger charge is 2.12. The average Bonchev–Trinajstić information content (AvgIpc) is 2.23. The number of hydrogen-bond acceptors (Lipinski definition) is 1. The lowest BCUT2D eigenvalue weighted by Gasteiger charge is -2.14. The van der Waals surface area contributed by atoms with Crippen LogP contribution in [0.2, 0.25) is 0 Å². The topological polar surface area (TPSA) is 37.3 Å². The van der Waals surface area contributed by atoms with Gasteiger partial charge in [0.15, 0.2) is 0 Å². The van der Waals surface area contributed by atoms with Crippen LogP contribution in [0, 0.1) is 5.92 Å². The van der Waals surface area contributed by atoms with Gasteiger partial charge in [-0.05, 0) is 18.8 Å². The number of hydrogen-bond donors (Lipinski definition) is 1. The van der Waals surface area contributed by atoms with Gasteiger partial charge < -0.3 is 5.11 Å². The molecule has 0 heterocycles. The Bertz CT molecular complexity index is 166. The summed E-state index contributed by atoms with van der Waals surface area (Å²) < 4.78 is 0. The molecule has 2 nitrogen and oxygen atoms in total. The molecule has 0 fully saturated rings. The Morgan fingerprint density at radius 2 is 1.44 bits per heavy atom. The molecule has 0 rings (SSSR count). The van der Waals surface area contributed by atoms with Crippen LogP contribution < -0.4 is 0 Å². The Hall–Kier alpha value is -0.530. The van der Waals surface area contributed by atoms with Crippen LogP contribution in [0.3, 0.4) is 0 Å². The van der Waals surface area contributed by atoms with E-state index in [-0.39, 0.29) is 0 Å². The van der Waals surface area contributed by atoms with Crippen molar-refractivity contribution in [1.82, 2.24) is 0 Å². The minimum atomic E-state index is -0.628. The summed E-state index contributed by atoms with van der Waals surface area (Å²) in [6.45, 7) is 4.39. The molecule has 0 aliphatic heterocycles. The van der Waals surface area contributed by atoms with Gasteiger partial charge in [-0.1, -0.05) is 58.8 Å². The van der Waals surface area contributed by atoms with Crippen molar-refractivity contribution in [2.75, 3.05) is 0 Å². The van der Waals surface area contributed by atoms with Crippen molar-refractivity contribution >= 4 is 5.97 Å². The fourth-order valence-electron chi connectivity index (χ4n) is 2.14. The maximum atomic E-state index is 10.7. The van der Waals surface area contributed by atoms with E-state index in [2.05, 4.69) is 13.8 Å². The third kappa shape index (κ3) is 10.0. The third-order valence-electron chi connectivity index (χ3n) is 3.15. The molecule has 0 aliphatic carbocycles. The van der Waals surface area contributed by atoms with E-state index in [9.17, 15) is 4.79 Å². The molecule has 0 aliphatic rings. The quantitative estimate of drug-likeness (QED) is 0.523. The number of carboxylic acids is 1. The molecule has 0 saturated carbocycles. The van der Waals surface area contributed by atoms with Crippen molar-refractivity contribution in [3.8, 4) is 0 Å². The molecular weight excluding hydrogens is 200 g/mol. The predicted octanol–water partition coefficient (Wildman–Crippen LogP) is 4.63. The van der Waals surface area contributed by atoms with Crippen LogP contribution >= 0.6 is 0 Å². The molecule has 0 aromatic carbocycles. The van der Waals surface area contributed by atoms with Gasteiger partial charge in [0.1, 0.15) is 0 Å². The first-order valence-electron chi connectivity index (χ1n) is 6.92. The Morgan fingerprint density at radius 3 is 1.94 bits per heavy atom. The lowest BCUT2D eigenvalue weighted by atomic mass is 9.92. The van der Waals surface area contributed by atoms with Crippen LogP contribution in [0.4, 0.5) is 0 Å². The van der Waals surface area contributed by atoms with Gasteiger partial charge in [0.25, 0.3) is 0 Å². The van der Waals surface area contributed by atoms with E-state index in [0.717, 1.165) is 12.8 Å². The molecule has 1 atom stereocenters. The fraction of sp³-hybridized carbons (Fsp3) is 0.929. The zero-order valence-corrected chi connectivity index (χ0v) is 11.0. The SMILES string of the molecule is CCCCCCC(CCCCC)CC(=O)O. The van der Waals surface area contributed by atoms with Crippen LogP contribution in [-0.4, -0.2) is 11.1 Å². The molecule has 0 aromatic heterocycles. The summed E-state index contributed by atoms with van der Waals surface area (Å²) in [7, 11) is 0. The van der Waals surface area contributed by atoms with Crippen molar-refractivity contribution in [2.45, 2.75) is 78.1 Å². The second-order valence-electron chi connectivity index (χ2n) is 4.81. The van der Waals surface area contributed by atoms with Crippen molar-refractivity contribution in [2.24, 2.45) is 5.92 Å². The first-order chi connectivity index (χ1) is 7.70. The standard InChI is InChI=1S/C14H28O2/c1-3-5-7-9-11-13(12-14(15)16)10-8-6-4-2/h13H,3-12H2,1-2H3,(H,15,16). The van der Waals surface area contributed by atoms with Gasteiger partial charge in [-0.2, -0.15) is 0 Å². The summed E-state index contributed by atoms with van der Waals surface area (Å²) in [4.78, 5) is 10.7. The van der Waals surface area contributed by atoms with Crippen LogP contribution in [0.1, 0.15) is 78.1 Å². The van der Waals surface area contributed by atoms with E-state index >= 15 is 0 Å². The van der Waals surface area contributed by atoms with Crippen molar-refractivity contribution in [1.29, 1.82) is 0 Å². The number of carbonyl (C=O) groups is 1. The minimum absolute atomic E-state index is 0.371. The van der Waals surface area contributed by atoms with Gasteiger partial charge in [-0.3, -0.25) is 4.79 Å². The zero-order valence-electron chi connectivity index (χ0n) is 11.0. The highest BCUT2D eigenvalue weighted by atomic mass is 16.4. The van der Waals surface area contributed by atoms with Crippen LogP contribution in [-0.2, 0) is 4.79 Å². The lowest BCUT2D eigenvalue weighted by Crippen LogP contribution is -2.08. The second-order valence-corrected chi connectivity index (χ2v) is 4.81. The summed E-state index contributed by atoms with van der Waals surface area (Å²) in [5.41, 5.74) is 0. The van der Waals surface area contributed by atoms with E-state index in [1.165, 1.54) is 44.9 Å². The van der Waals surface area contributed by atoms with Crippen LogP contribution in [0.15, 0.2) is 0 Å². The van der Waals surface area contributed by atoms with Gasteiger partial charge in [-0.15, -0.1) is 0 Å². The Morgan fingerprint density at radius 1 is 0.938 bits per heavy atom. The number of unbranched alkanes of at least 4 members (excludes halogenated alkanes) is 5. The normalized spacial score (nSPS) is 12.6. The fourth-order valence-corrected chi connectivity index (χ4v) is 2.14. The van der Waals surface area contributed by atoms with E-state index in [4.69, 9.17) is 5.11 Å². The van der Waals surface area contributed by atoms with Gasteiger partial charge >= 0.3 is 5.97 Å². The van der Waals surface area contributed by atoms with E-state index in [1.807, 2.05) is 0 Å². The van der Waals surface area contributed by atoms with E-state index in [1.54, 1.807) is 0 Å². The molecule has 0 aromatic rings. The van der Waals surface area contributed by atoms with Crippen LogP contribution in [0.25, 0.3) is 0 Å². The summed E-state index contributed by atoms with van der Waals surface area (Å²) >= 11 is 0. The predicted molar refractivity (Wildman–Crippen MR) is 68.6 cm³/mol. The smallest absolute Gasteiger partial charge is 0.303 e. The zero-order chi connectivity index (χ0) is 12.2. The van der Waals surface area contributed by atoms with Crippen molar-refractivity contribution < 1.29 is 9.90 Å². The summed E-state index contributed by atoms with van der Waals surface area (Å²) in [5.74, 6) is -0.210. The molecule has 0 radical (unpaired) electrons. The average molecular weight is 228 g/mol. The maximum absolute atomic E-state index is 10.7. The highest BCUT2D eigenvalue weighted by Crippen LogP contribution is 2.21. The molecule has 2 heteroatoms. The summed E-state index contributed by atoms with van der Waals surface area (Å²) in [6.07, 6.45) is 11.2. The Labute approximate surface area is 100 Å². The highest BCUT2D eigenvalue weighted by molar-refractivity contribution is 5.66. The molecule has 0 saturated heterocycles. The second kappa shape index (κ2) is 11.0. The van der Waals surface area contributed by atoms with E-state index < -0.39 is 5.97 Å². The number of carboxylic acid groups (broad SMARTS) is 1. The van der Waals surface area contributed by atoms with Gasteiger partial charge in [-0.25, -0.2) is 0 Å². The summed E-state index contributed by atoms with van der Waals surface area (Å²) in [5, 5.41) is 8.84. The van der Waals surface area contributed by atoms with Crippen LogP contribution in [0.5, 0.6) is 0 Å². The third-order valence-corrected chi connectivity index (χ3v) is 3.15. The first kappa shape index (κ1) is 15.5. The van der Waals surface area contributed by atoms with Crippen molar-refractivity contribution in [3.05, 3.63) is 0 Å². The molecule has 96 valence electrons. The summed E-state index contributed by atoms with van der Waals surface area (Å²) in [6, 6.07) is 0. The Kier molecular flexibility index (Phi) is 10.6. The molecule has 1 unspecified atom stereocenters. The molecule has 0 amide bonds. The lowest BCUT2D eigenvalue weighted by molar-refractivity contribution is -0.138. The van der Waals surface area contributed by atoms with Crippen molar-refractivity contribution in [3.63, 3.8) is 0 Å². The molecule has 0 spiro atoms. The maximum Gasteiger partial charge on any atom is 0.303 e. The van der Waals surface area contributed by atoms with Gasteiger partial charge in [0.2, 0.25) is 0 Å². The Balaban J connectivity index is 3.67. The molecule has 1 N–H and O–H groups in total. The number of rotatable bonds is 11. The molecule has 0 bridgehead atoms.